The Kier molecular flexibility index (Phi) is 51.9. The number of hydrogen-bond acceptors (Lipinski definition) is 7. The molecule has 0 amide bonds. The first-order valence-electron chi connectivity index (χ1n) is 30.2. The van der Waals surface area contributed by atoms with Crippen molar-refractivity contribution in [3.05, 3.63) is 36.5 Å². The van der Waals surface area contributed by atoms with E-state index in [1.54, 1.807) is 0 Å². The van der Waals surface area contributed by atoms with Crippen LogP contribution in [0.15, 0.2) is 36.5 Å². The number of carbonyl (C=O) groups excluding carboxylic acids is 2. The Bertz CT molecular complexity index is 1260. The van der Waals surface area contributed by atoms with Gasteiger partial charge < -0.3 is 28.5 Å². The van der Waals surface area contributed by atoms with Crippen LogP contribution in [0.4, 0.5) is 0 Å². The summed E-state index contributed by atoms with van der Waals surface area (Å²) < 4.78 is 22.8. The fourth-order valence-electron chi connectivity index (χ4n) is 8.80. The lowest BCUT2D eigenvalue weighted by Crippen LogP contribution is -2.40. The monoisotopic (exact) mass is 1000 g/mol. The van der Waals surface area contributed by atoms with Crippen molar-refractivity contribution in [2.45, 2.75) is 296 Å². The molecule has 0 aliphatic heterocycles. The number of esters is 2. The summed E-state index contributed by atoms with van der Waals surface area (Å²) in [6.45, 7) is 4.78. The van der Waals surface area contributed by atoms with Crippen molar-refractivity contribution in [3.63, 3.8) is 0 Å². The highest BCUT2D eigenvalue weighted by Crippen LogP contribution is 2.18. The summed E-state index contributed by atoms with van der Waals surface area (Å²) in [7, 11) is 5.96. The highest BCUT2D eigenvalue weighted by molar-refractivity contribution is 5.71. The lowest BCUT2D eigenvalue weighted by atomic mass is 10.0. The minimum atomic E-state index is -1.51. The maximum atomic E-state index is 12.8. The molecule has 2 atom stereocenters. The molecule has 0 aliphatic carbocycles. The zero-order chi connectivity index (χ0) is 52.0. The van der Waals surface area contributed by atoms with E-state index in [2.05, 4.69) is 50.3 Å². The molecule has 9 heteroatoms. The van der Waals surface area contributed by atoms with Crippen LogP contribution in [0.2, 0.25) is 0 Å². The molecule has 1 N–H and O–H groups in total. The Hall–Kier alpha value is -2.49. The second-order valence-corrected chi connectivity index (χ2v) is 21.6. The number of likely N-dealkylation sites (N-methyl/N-ethyl adjacent to an activating group) is 1. The first kappa shape index (κ1) is 68.5. The van der Waals surface area contributed by atoms with Gasteiger partial charge in [0.2, 0.25) is 0 Å². The van der Waals surface area contributed by atoms with Crippen LogP contribution in [0.5, 0.6) is 0 Å². The number of unbranched alkanes of at least 4 members (excludes halogenated alkanes) is 35. The molecule has 0 saturated heterocycles. The van der Waals surface area contributed by atoms with E-state index < -0.39 is 24.3 Å². The van der Waals surface area contributed by atoms with Gasteiger partial charge in [0.15, 0.2) is 6.10 Å². The zero-order valence-electron chi connectivity index (χ0n) is 47.4. The highest BCUT2D eigenvalue weighted by atomic mass is 16.7. The Morgan fingerprint density at radius 2 is 0.803 bits per heavy atom. The first-order chi connectivity index (χ1) is 34.6. The first-order valence-corrected chi connectivity index (χ1v) is 30.2. The second-order valence-electron chi connectivity index (χ2n) is 21.6. The molecule has 71 heavy (non-hydrogen) atoms. The highest BCUT2D eigenvalue weighted by Gasteiger charge is 2.25. The summed E-state index contributed by atoms with van der Waals surface area (Å²) in [4.78, 5) is 37.4. The molecule has 0 aromatic rings. The third-order valence-corrected chi connectivity index (χ3v) is 13.4. The molecule has 0 bridgehead atoms. The van der Waals surface area contributed by atoms with Crippen LogP contribution >= 0.6 is 0 Å². The van der Waals surface area contributed by atoms with Crippen LogP contribution in [-0.2, 0) is 33.3 Å². The van der Waals surface area contributed by atoms with Gasteiger partial charge in [-0.25, -0.2) is 4.79 Å². The van der Waals surface area contributed by atoms with E-state index in [1.165, 1.54) is 180 Å². The van der Waals surface area contributed by atoms with E-state index in [-0.39, 0.29) is 32.2 Å². The third-order valence-electron chi connectivity index (χ3n) is 13.4. The average molecular weight is 1000 g/mol. The average Bonchev–Trinajstić information content (AvgIpc) is 3.34. The molecule has 0 rings (SSSR count). The largest absolute Gasteiger partial charge is 0.477 e. The summed E-state index contributed by atoms with van der Waals surface area (Å²) in [5, 5.41) is 9.69. The van der Waals surface area contributed by atoms with Gasteiger partial charge in [-0.3, -0.25) is 9.59 Å². The number of carbonyl (C=O) groups is 3. The normalized spacial score (nSPS) is 13.0. The quantitative estimate of drug-likeness (QED) is 0.0211. The maximum absolute atomic E-state index is 12.8. The minimum absolute atomic E-state index is 0.185. The van der Waals surface area contributed by atoms with Crippen molar-refractivity contribution in [1.29, 1.82) is 0 Å². The Morgan fingerprint density at radius 1 is 0.437 bits per heavy atom. The van der Waals surface area contributed by atoms with Crippen molar-refractivity contribution in [2.75, 3.05) is 47.5 Å². The Morgan fingerprint density at radius 3 is 1.20 bits per heavy atom. The van der Waals surface area contributed by atoms with Gasteiger partial charge in [-0.15, -0.1) is 0 Å². The fraction of sp³-hybridized carbons (Fsp3) is 0.855. The van der Waals surface area contributed by atoms with Crippen LogP contribution in [-0.4, -0.2) is 87.4 Å². The van der Waals surface area contributed by atoms with E-state index in [9.17, 15) is 19.5 Å². The van der Waals surface area contributed by atoms with Crippen LogP contribution in [0.3, 0.4) is 0 Å². The molecule has 0 aliphatic rings. The number of rotatable bonds is 56. The van der Waals surface area contributed by atoms with Crippen LogP contribution in [0.1, 0.15) is 284 Å². The number of nitrogens with zero attached hydrogens (tertiary/aromatic N) is 1. The van der Waals surface area contributed by atoms with Gasteiger partial charge in [-0.1, -0.05) is 262 Å². The van der Waals surface area contributed by atoms with Gasteiger partial charge >= 0.3 is 17.9 Å². The van der Waals surface area contributed by atoms with E-state index in [0.717, 1.165) is 70.6 Å². The summed E-state index contributed by atoms with van der Waals surface area (Å²) in [6, 6.07) is 0. The van der Waals surface area contributed by atoms with Crippen LogP contribution < -0.4 is 0 Å². The molecule has 0 radical (unpaired) electrons. The predicted octanol–water partition coefficient (Wildman–Crippen LogP) is 17.7. The van der Waals surface area contributed by atoms with Gasteiger partial charge in [0.05, 0.1) is 34.4 Å². The standard InChI is InChI=1S/C62H115NO8/c1-6-8-10-12-14-16-18-20-22-23-24-25-26-27-28-29-30-31-32-33-34-35-36-37-39-40-42-44-46-48-50-52-59(64)69-56-58(57-70-62(61(66)67)68-55-54-63(3,4)5)71-60(65)53-51-49-47-45-43-41-38-21-19-17-15-13-11-9-7-2/h9,11,15,17,21,38,58,62H,6-8,10,12-14,16,18-20,22-37,39-57H2,1-5H3/p+1/b11-9-,17-15-,38-21-. The van der Waals surface area contributed by atoms with E-state index in [1.807, 2.05) is 21.1 Å². The molecule has 0 fully saturated rings. The van der Waals surface area contributed by atoms with Gasteiger partial charge in [0.1, 0.15) is 13.2 Å². The molecule has 0 saturated carbocycles. The van der Waals surface area contributed by atoms with Gasteiger partial charge in [-0.05, 0) is 44.9 Å². The number of allylic oxidation sites excluding steroid dienone is 6. The SMILES string of the molecule is CC/C=C\C/C=C\C/C=C\CCCCCCCC(=O)OC(COC(=O)CCCCCCCCCCCCCCCCCCCCCCCCCCCCCCCCC)COC(OCC[N+](C)(C)C)C(=O)O. The number of ether oxygens (including phenoxy) is 4. The molecule has 9 nitrogen and oxygen atoms in total. The van der Waals surface area contributed by atoms with Crippen LogP contribution in [0.25, 0.3) is 0 Å². The molecular formula is C62H116NO8+. The van der Waals surface area contributed by atoms with Gasteiger partial charge in [0.25, 0.3) is 6.29 Å². The number of quaternary nitrogens is 1. The van der Waals surface area contributed by atoms with Crippen molar-refractivity contribution >= 4 is 17.9 Å². The van der Waals surface area contributed by atoms with Crippen molar-refractivity contribution in [2.24, 2.45) is 0 Å². The minimum Gasteiger partial charge on any atom is -0.477 e. The van der Waals surface area contributed by atoms with E-state index in [4.69, 9.17) is 18.9 Å². The van der Waals surface area contributed by atoms with Crippen molar-refractivity contribution < 1.29 is 42.9 Å². The lowest BCUT2D eigenvalue weighted by Gasteiger charge is -2.25. The molecule has 0 aromatic carbocycles. The summed E-state index contributed by atoms with van der Waals surface area (Å²) >= 11 is 0. The number of hydrogen-bond donors (Lipinski definition) is 1. The summed E-state index contributed by atoms with van der Waals surface area (Å²) in [5.74, 6) is -2.01. The van der Waals surface area contributed by atoms with E-state index in [0.29, 0.717) is 23.9 Å². The lowest BCUT2D eigenvalue weighted by molar-refractivity contribution is -0.870. The molecule has 0 heterocycles. The second kappa shape index (κ2) is 53.8. The van der Waals surface area contributed by atoms with Crippen LogP contribution in [0, 0.1) is 0 Å². The smallest absolute Gasteiger partial charge is 0.361 e. The molecular weight excluding hydrogens is 887 g/mol. The molecule has 416 valence electrons. The maximum Gasteiger partial charge on any atom is 0.361 e. The Labute approximate surface area is 439 Å². The topological polar surface area (TPSA) is 108 Å². The molecule has 0 aromatic heterocycles. The predicted molar refractivity (Wildman–Crippen MR) is 300 cm³/mol. The summed E-state index contributed by atoms with van der Waals surface area (Å²) in [6.07, 6.45) is 62.5. The van der Waals surface area contributed by atoms with Crippen molar-refractivity contribution in [1.82, 2.24) is 0 Å². The zero-order valence-corrected chi connectivity index (χ0v) is 47.4. The third kappa shape index (κ3) is 55.1. The fourth-order valence-corrected chi connectivity index (χ4v) is 8.80. The summed E-state index contributed by atoms with van der Waals surface area (Å²) in [5.41, 5.74) is 0. The Balaban J connectivity index is 4.06. The van der Waals surface area contributed by atoms with Crippen molar-refractivity contribution in [3.8, 4) is 0 Å². The molecule has 0 spiro atoms. The number of carboxylic acids is 1. The number of carboxylic acid groups (broad SMARTS) is 1. The number of aliphatic carboxylic acids is 1. The molecule has 2 unspecified atom stereocenters. The van der Waals surface area contributed by atoms with Gasteiger partial charge in [0, 0.05) is 12.8 Å². The van der Waals surface area contributed by atoms with Gasteiger partial charge in [-0.2, -0.15) is 0 Å². The van der Waals surface area contributed by atoms with E-state index >= 15 is 0 Å².